The number of aryl methyl sites for hydroxylation is 2. The van der Waals surface area contributed by atoms with Crippen LogP contribution in [0.1, 0.15) is 59.4 Å². The number of aromatic nitrogens is 1. The molecule has 10 heteroatoms. The van der Waals surface area contributed by atoms with Crippen LogP contribution in [0.15, 0.2) is 91.0 Å². The third kappa shape index (κ3) is 8.51. The van der Waals surface area contributed by atoms with E-state index in [0.29, 0.717) is 29.7 Å². The lowest BCUT2D eigenvalue weighted by atomic mass is 9.90. The number of nitrogens with zero attached hydrogens (tertiary/aromatic N) is 2. The summed E-state index contributed by atoms with van der Waals surface area (Å²) in [5.41, 5.74) is 6.86. The highest BCUT2D eigenvalue weighted by molar-refractivity contribution is 6.05. The molecule has 0 spiro atoms. The predicted molar refractivity (Wildman–Crippen MR) is 215 cm³/mol. The lowest BCUT2D eigenvalue weighted by molar-refractivity contribution is 0.172. The summed E-state index contributed by atoms with van der Waals surface area (Å²) in [7, 11) is 1.45. The largest absolute Gasteiger partial charge is 0.508 e. The summed E-state index contributed by atoms with van der Waals surface area (Å²) in [5, 5.41) is 35.9. The van der Waals surface area contributed by atoms with Gasteiger partial charge in [0.05, 0.1) is 19.8 Å². The minimum Gasteiger partial charge on any atom is -0.508 e. The SMILES string of the molecule is CCc1cc(-c2cccc(CCc3c(O)c(OC)c(OCCC(O)C=Cc4ccccc4)c4c3OC(c3ccc(O)cc3)CC4=[OH+])c2)c(N2CCNCC2)[n-]1. The molecule has 4 aromatic carbocycles. The number of rotatable bonds is 14. The molecule has 1 aromatic heterocycles. The molecule has 5 aromatic rings. The van der Waals surface area contributed by atoms with Gasteiger partial charge in [0.25, 0.3) is 0 Å². The lowest BCUT2D eigenvalue weighted by Gasteiger charge is -2.37. The fraction of sp³-hybridized carbons (Fsp3) is 0.311. The third-order valence-corrected chi connectivity index (χ3v) is 10.3. The van der Waals surface area contributed by atoms with Crippen LogP contribution in [0.3, 0.4) is 0 Å². The molecule has 286 valence electrons. The average molecular weight is 744 g/mol. The van der Waals surface area contributed by atoms with Gasteiger partial charge in [0.1, 0.15) is 24.0 Å². The molecule has 0 aliphatic carbocycles. The summed E-state index contributed by atoms with van der Waals surface area (Å²) >= 11 is 0. The van der Waals surface area contributed by atoms with Crippen molar-refractivity contribution in [3.05, 3.63) is 125 Å². The second-order valence-corrected chi connectivity index (χ2v) is 14.0. The van der Waals surface area contributed by atoms with Crippen molar-refractivity contribution in [2.75, 3.05) is 44.8 Å². The first-order valence-corrected chi connectivity index (χ1v) is 19.0. The van der Waals surface area contributed by atoms with Crippen molar-refractivity contribution < 1.29 is 34.3 Å². The second-order valence-electron chi connectivity index (χ2n) is 14.0. The van der Waals surface area contributed by atoms with E-state index in [9.17, 15) is 20.1 Å². The van der Waals surface area contributed by atoms with Crippen molar-refractivity contribution in [3.63, 3.8) is 0 Å². The lowest BCUT2D eigenvalue weighted by Crippen LogP contribution is -2.44. The molecule has 7 rings (SSSR count). The average Bonchev–Trinajstić information content (AvgIpc) is 3.66. The van der Waals surface area contributed by atoms with E-state index in [1.165, 1.54) is 7.11 Å². The number of ketones is 1. The van der Waals surface area contributed by atoms with Gasteiger partial charge in [-0.3, -0.25) is 4.79 Å². The Hall–Kier alpha value is -5.71. The van der Waals surface area contributed by atoms with E-state index in [2.05, 4.69) is 47.5 Å². The van der Waals surface area contributed by atoms with E-state index >= 15 is 0 Å². The minimum absolute atomic E-state index is 0.0243. The summed E-state index contributed by atoms with van der Waals surface area (Å²) in [5.74, 6) is 1.58. The van der Waals surface area contributed by atoms with E-state index < -0.39 is 12.2 Å². The molecular weight excluding hydrogens is 695 g/mol. The molecule has 2 aliphatic rings. The van der Waals surface area contributed by atoms with E-state index in [1.807, 2.05) is 36.4 Å². The fourth-order valence-corrected chi connectivity index (χ4v) is 7.31. The predicted octanol–water partition coefficient (Wildman–Crippen LogP) is 6.75. The zero-order valence-electron chi connectivity index (χ0n) is 31.4. The Morgan fingerprint density at radius 3 is 2.51 bits per heavy atom. The van der Waals surface area contributed by atoms with E-state index in [1.54, 1.807) is 30.3 Å². The molecule has 0 saturated carbocycles. The minimum atomic E-state index is -0.788. The first-order chi connectivity index (χ1) is 26.8. The summed E-state index contributed by atoms with van der Waals surface area (Å²) in [4.78, 5) is 19.0. The van der Waals surface area contributed by atoms with Crippen molar-refractivity contribution in [3.8, 4) is 39.9 Å². The Balaban J connectivity index is 1.18. The Kier molecular flexibility index (Phi) is 11.7. The molecule has 2 atom stereocenters. The highest BCUT2D eigenvalue weighted by atomic mass is 16.5. The highest BCUT2D eigenvalue weighted by Crippen LogP contribution is 2.52. The van der Waals surface area contributed by atoms with Crippen molar-refractivity contribution in [2.45, 2.75) is 51.2 Å². The highest BCUT2D eigenvalue weighted by Gasteiger charge is 2.40. The summed E-state index contributed by atoms with van der Waals surface area (Å²) in [6.45, 7) is 5.85. The van der Waals surface area contributed by atoms with E-state index in [-0.39, 0.29) is 48.2 Å². The molecule has 3 heterocycles. The fourth-order valence-electron chi connectivity index (χ4n) is 7.31. The number of benzene rings is 4. The molecule has 55 heavy (non-hydrogen) atoms. The normalized spacial score (nSPS) is 16.2. The van der Waals surface area contributed by atoms with Gasteiger partial charge in [-0.25, -0.2) is 0 Å². The molecule has 0 radical (unpaired) electrons. The van der Waals surface area contributed by atoms with Gasteiger partial charge in [-0.15, -0.1) is 0 Å². The molecule has 0 amide bonds. The molecule has 2 unspecified atom stereocenters. The number of hydrogen-bond acceptors (Lipinski definition) is 8. The Labute approximate surface area is 322 Å². The Morgan fingerprint density at radius 2 is 1.76 bits per heavy atom. The number of aliphatic hydroxyl groups excluding tert-OH is 1. The zero-order chi connectivity index (χ0) is 38.3. The number of anilines is 1. The van der Waals surface area contributed by atoms with Crippen molar-refractivity contribution in [1.29, 1.82) is 0 Å². The maximum absolute atomic E-state index is 11.9. The topological polar surface area (TPSA) is 139 Å². The molecule has 0 bridgehead atoms. The molecular formula is C45H49N3O7. The van der Waals surface area contributed by atoms with Gasteiger partial charge >= 0.3 is 5.78 Å². The van der Waals surface area contributed by atoms with E-state index in [0.717, 1.165) is 71.9 Å². The Morgan fingerprint density at radius 1 is 0.982 bits per heavy atom. The number of ether oxygens (including phenoxy) is 3. The summed E-state index contributed by atoms with van der Waals surface area (Å²) in [6, 6.07) is 27.0. The number of methoxy groups -OCH3 is 1. The monoisotopic (exact) mass is 743 g/mol. The van der Waals surface area contributed by atoms with Crippen LogP contribution in [0.25, 0.3) is 17.2 Å². The maximum atomic E-state index is 11.9. The van der Waals surface area contributed by atoms with Crippen molar-refractivity contribution in [2.24, 2.45) is 0 Å². The van der Waals surface area contributed by atoms with Gasteiger partial charge in [0, 0.05) is 12.0 Å². The van der Waals surface area contributed by atoms with Gasteiger partial charge in [0.15, 0.2) is 17.1 Å². The number of fused-ring (bicyclic) bond motifs is 1. The van der Waals surface area contributed by atoms with Gasteiger partial charge in [-0.2, -0.15) is 0 Å². The smallest absolute Gasteiger partial charge is 0.335 e. The first-order valence-electron chi connectivity index (χ1n) is 19.0. The van der Waals surface area contributed by atoms with Gasteiger partial charge < -0.3 is 44.7 Å². The van der Waals surface area contributed by atoms with Crippen LogP contribution in [0.5, 0.6) is 28.7 Å². The number of hydrogen-bond donors (Lipinski definition) is 4. The zero-order valence-corrected chi connectivity index (χ0v) is 31.4. The quantitative estimate of drug-likeness (QED) is 0.0911. The van der Waals surface area contributed by atoms with Crippen LogP contribution in [0.2, 0.25) is 0 Å². The number of aromatic hydroxyl groups is 2. The van der Waals surface area contributed by atoms with Gasteiger partial charge in [-0.05, 0) is 85.4 Å². The number of aliphatic hydroxyl groups is 1. The summed E-state index contributed by atoms with van der Waals surface area (Å²) in [6.07, 6.45) is 4.36. The Bertz CT molecular complexity index is 2120. The number of nitrogens with one attached hydrogen (secondary N) is 1. The van der Waals surface area contributed by atoms with Crippen molar-refractivity contribution in [1.82, 2.24) is 10.3 Å². The molecule has 5 N–H and O–H groups in total. The number of phenols is 2. The van der Waals surface area contributed by atoms with Crippen LogP contribution in [-0.4, -0.2) is 71.9 Å². The molecule has 2 aliphatic heterocycles. The molecule has 10 nitrogen and oxygen atoms in total. The van der Waals surface area contributed by atoms with Crippen LogP contribution >= 0.6 is 0 Å². The van der Waals surface area contributed by atoms with Gasteiger partial charge in [0.2, 0.25) is 5.75 Å². The van der Waals surface area contributed by atoms with E-state index in [4.69, 9.17) is 19.2 Å². The number of piperazine rings is 1. The number of phenolic OH excluding ortho intramolecular Hbond substituents is 2. The van der Waals surface area contributed by atoms with Crippen molar-refractivity contribution >= 4 is 17.7 Å². The molecule has 1 saturated heterocycles. The van der Waals surface area contributed by atoms with Crippen LogP contribution in [0.4, 0.5) is 5.82 Å². The second kappa shape index (κ2) is 17.2. The van der Waals surface area contributed by atoms with Crippen LogP contribution in [-0.2, 0) is 19.3 Å². The van der Waals surface area contributed by atoms with Crippen LogP contribution < -0.4 is 29.4 Å². The number of carbonyl (C=O) groups excluding carboxylic acids is 1. The molecule has 1 fully saturated rings. The first kappa shape index (κ1) is 37.6. The summed E-state index contributed by atoms with van der Waals surface area (Å²) < 4.78 is 18.6. The van der Waals surface area contributed by atoms with Crippen LogP contribution in [0, 0.1) is 0 Å². The standard InChI is InChI=1S/C45H48N3O7/c1-3-33-27-37(45(47-33)48-23-21-46-22-24-48)32-11-7-10-30(26-32)13-19-36-41(52)44(53-2)43(54-25-20-35(50)16-12-29-8-5-4-6-9-29)40-38(51)28-39(55-42(36)40)31-14-17-34(49)18-15-31/h4-12,14-18,26-27,35,39,46,49-50H,3,13,19-25,28H2,1-2H3,(H,51,52)/q-1/p+1. The van der Waals surface area contributed by atoms with Gasteiger partial charge in [-0.1, -0.05) is 103 Å². The third-order valence-electron chi connectivity index (χ3n) is 10.3. The maximum Gasteiger partial charge on any atom is 0.335 e.